The third-order valence-corrected chi connectivity index (χ3v) is 5.39. The zero-order valence-corrected chi connectivity index (χ0v) is 15.7. The van der Waals surface area contributed by atoms with Crippen LogP contribution < -0.4 is 10.1 Å². The molecule has 0 aliphatic heterocycles. The highest BCUT2D eigenvalue weighted by Crippen LogP contribution is 2.42. The molecule has 6 nitrogen and oxygen atoms in total. The molecular weight excluding hydrogens is 330 g/mol. The quantitative estimate of drug-likeness (QED) is 0.827. The van der Waals surface area contributed by atoms with E-state index >= 15 is 0 Å². The van der Waals surface area contributed by atoms with E-state index in [1.807, 2.05) is 37.4 Å². The molecule has 1 aliphatic rings. The fraction of sp³-hybridized carbons (Fsp3) is 0.500. The van der Waals surface area contributed by atoms with E-state index in [-0.39, 0.29) is 11.9 Å². The Morgan fingerprint density at radius 3 is 2.46 bits per heavy atom. The summed E-state index contributed by atoms with van der Waals surface area (Å²) in [6.45, 7) is 0.407. The first-order valence-electron chi connectivity index (χ1n) is 9.03. The third-order valence-electron chi connectivity index (χ3n) is 5.39. The second kappa shape index (κ2) is 7.91. The zero-order valence-electron chi connectivity index (χ0n) is 15.7. The van der Waals surface area contributed by atoms with Crippen molar-refractivity contribution in [2.75, 3.05) is 20.8 Å². The Morgan fingerprint density at radius 1 is 1.23 bits per heavy atom. The standard InChI is InChI=1S/C20H27N3O3/c1-23-18(10-13-21-23)17(14-25-2)22-19(24)20(11-4-5-12-20)15-6-8-16(26-3)9-7-15/h6-10,13,17H,4-5,11-12,14H2,1-3H3,(H,22,24). The predicted octanol–water partition coefficient (Wildman–Crippen LogP) is 2.74. The molecule has 140 valence electrons. The molecule has 0 radical (unpaired) electrons. The van der Waals surface area contributed by atoms with Crippen molar-refractivity contribution in [3.05, 3.63) is 47.8 Å². The van der Waals surface area contributed by atoms with Crippen LogP contribution in [0.5, 0.6) is 5.75 Å². The summed E-state index contributed by atoms with van der Waals surface area (Å²) < 4.78 is 12.4. The first kappa shape index (κ1) is 18.5. The van der Waals surface area contributed by atoms with Gasteiger partial charge in [0.15, 0.2) is 0 Å². The lowest BCUT2D eigenvalue weighted by Crippen LogP contribution is -2.45. The minimum atomic E-state index is -0.489. The first-order valence-corrected chi connectivity index (χ1v) is 9.03. The maximum absolute atomic E-state index is 13.4. The molecule has 26 heavy (non-hydrogen) atoms. The summed E-state index contributed by atoms with van der Waals surface area (Å²) in [5.41, 5.74) is 1.49. The van der Waals surface area contributed by atoms with Gasteiger partial charge in [-0.25, -0.2) is 0 Å². The largest absolute Gasteiger partial charge is 0.497 e. The molecule has 2 aromatic rings. The van der Waals surface area contributed by atoms with Crippen LogP contribution in [0.15, 0.2) is 36.5 Å². The summed E-state index contributed by atoms with van der Waals surface area (Å²) in [5, 5.41) is 7.43. The van der Waals surface area contributed by atoms with Crippen LogP contribution in [0.4, 0.5) is 0 Å². The SMILES string of the molecule is COCC(NC(=O)C1(c2ccc(OC)cc2)CCCC1)c1ccnn1C. The molecule has 1 heterocycles. The molecule has 6 heteroatoms. The number of nitrogens with zero attached hydrogens (tertiary/aromatic N) is 2. The van der Waals surface area contributed by atoms with Gasteiger partial charge in [0.05, 0.1) is 30.9 Å². The summed E-state index contributed by atoms with van der Waals surface area (Å²) >= 11 is 0. The lowest BCUT2D eigenvalue weighted by atomic mass is 9.77. The van der Waals surface area contributed by atoms with E-state index in [1.54, 1.807) is 25.1 Å². The molecule has 1 fully saturated rings. The second-order valence-corrected chi connectivity index (χ2v) is 6.88. The number of nitrogens with one attached hydrogen (secondary N) is 1. The minimum absolute atomic E-state index is 0.0587. The van der Waals surface area contributed by atoms with Crippen molar-refractivity contribution in [1.82, 2.24) is 15.1 Å². The van der Waals surface area contributed by atoms with Gasteiger partial charge in [-0.2, -0.15) is 5.10 Å². The van der Waals surface area contributed by atoms with Gasteiger partial charge in [0, 0.05) is 20.4 Å². The van der Waals surface area contributed by atoms with Crippen molar-refractivity contribution in [2.45, 2.75) is 37.1 Å². The third kappa shape index (κ3) is 3.46. The molecule has 1 unspecified atom stereocenters. The number of benzene rings is 1. The fourth-order valence-corrected chi connectivity index (χ4v) is 3.93. The summed E-state index contributed by atoms with van der Waals surface area (Å²) in [7, 11) is 5.17. The predicted molar refractivity (Wildman–Crippen MR) is 99.1 cm³/mol. The minimum Gasteiger partial charge on any atom is -0.497 e. The van der Waals surface area contributed by atoms with Crippen LogP contribution in [-0.4, -0.2) is 36.5 Å². The van der Waals surface area contributed by atoms with Gasteiger partial charge in [0.25, 0.3) is 0 Å². The average Bonchev–Trinajstić information content (AvgIpc) is 3.31. The number of ether oxygens (including phenoxy) is 2. The highest BCUT2D eigenvalue weighted by Gasteiger charge is 2.43. The number of rotatable bonds is 7. The number of aryl methyl sites for hydroxylation is 1. The number of aromatic nitrogens is 2. The van der Waals surface area contributed by atoms with Crippen molar-refractivity contribution in [3.63, 3.8) is 0 Å². The molecule has 0 bridgehead atoms. The molecule has 1 amide bonds. The van der Waals surface area contributed by atoms with Gasteiger partial charge in [-0.15, -0.1) is 0 Å². The van der Waals surface area contributed by atoms with Crippen LogP contribution in [0.25, 0.3) is 0 Å². The van der Waals surface area contributed by atoms with Gasteiger partial charge >= 0.3 is 0 Å². The van der Waals surface area contributed by atoms with E-state index < -0.39 is 5.41 Å². The number of hydrogen-bond acceptors (Lipinski definition) is 4. The van der Waals surface area contributed by atoms with E-state index in [9.17, 15) is 4.79 Å². The van der Waals surface area contributed by atoms with E-state index in [2.05, 4.69) is 10.4 Å². The molecule has 1 aromatic heterocycles. The molecule has 1 saturated carbocycles. The van der Waals surface area contributed by atoms with Gasteiger partial charge in [0.1, 0.15) is 5.75 Å². The van der Waals surface area contributed by atoms with Gasteiger partial charge in [0.2, 0.25) is 5.91 Å². The van der Waals surface area contributed by atoms with E-state index in [0.717, 1.165) is 42.7 Å². The fourth-order valence-electron chi connectivity index (χ4n) is 3.93. The van der Waals surface area contributed by atoms with Crippen LogP contribution in [0, 0.1) is 0 Å². The molecule has 3 rings (SSSR count). The van der Waals surface area contributed by atoms with Gasteiger partial charge < -0.3 is 14.8 Å². The lowest BCUT2D eigenvalue weighted by molar-refractivity contribution is -0.127. The van der Waals surface area contributed by atoms with Crippen molar-refractivity contribution in [1.29, 1.82) is 0 Å². The van der Waals surface area contributed by atoms with Gasteiger partial charge in [-0.05, 0) is 36.6 Å². The van der Waals surface area contributed by atoms with E-state index in [4.69, 9.17) is 9.47 Å². The summed E-state index contributed by atoms with van der Waals surface area (Å²) in [4.78, 5) is 13.4. The highest BCUT2D eigenvalue weighted by atomic mass is 16.5. The monoisotopic (exact) mass is 357 g/mol. The van der Waals surface area contributed by atoms with E-state index in [1.165, 1.54) is 0 Å². The molecule has 1 N–H and O–H groups in total. The summed E-state index contributed by atoms with van der Waals surface area (Å²) in [6, 6.07) is 9.57. The number of carbonyl (C=O) groups excluding carboxylic acids is 1. The summed E-state index contributed by atoms with van der Waals surface area (Å²) in [5.74, 6) is 0.859. The smallest absolute Gasteiger partial charge is 0.231 e. The van der Waals surface area contributed by atoms with Crippen molar-refractivity contribution >= 4 is 5.91 Å². The molecule has 1 atom stereocenters. The average molecular weight is 357 g/mol. The van der Waals surface area contributed by atoms with Crippen molar-refractivity contribution in [2.24, 2.45) is 7.05 Å². The Balaban J connectivity index is 1.87. The number of hydrogen-bond donors (Lipinski definition) is 1. The second-order valence-electron chi connectivity index (χ2n) is 6.88. The molecule has 1 aliphatic carbocycles. The van der Waals surface area contributed by atoms with E-state index in [0.29, 0.717) is 6.61 Å². The first-order chi connectivity index (χ1) is 12.6. The van der Waals surface area contributed by atoms with Crippen LogP contribution in [0.1, 0.15) is 43.0 Å². The van der Waals surface area contributed by atoms with Crippen LogP contribution in [0.2, 0.25) is 0 Å². The number of methoxy groups -OCH3 is 2. The lowest BCUT2D eigenvalue weighted by Gasteiger charge is -2.31. The molecule has 1 aromatic carbocycles. The number of amides is 1. The van der Waals surface area contributed by atoms with Crippen LogP contribution >= 0.6 is 0 Å². The maximum Gasteiger partial charge on any atom is 0.231 e. The highest BCUT2D eigenvalue weighted by molar-refractivity contribution is 5.89. The molecule has 0 spiro atoms. The Morgan fingerprint density at radius 2 is 1.92 bits per heavy atom. The maximum atomic E-state index is 13.4. The topological polar surface area (TPSA) is 65.4 Å². The molecular formula is C20H27N3O3. The Kier molecular flexibility index (Phi) is 5.61. The number of carbonyl (C=O) groups is 1. The van der Waals surface area contributed by atoms with Crippen LogP contribution in [0.3, 0.4) is 0 Å². The zero-order chi connectivity index (χ0) is 18.6. The van der Waals surface area contributed by atoms with Crippen molar-refractivity contribution < 1.29 is 14.3 Å². The van der Waals surface area contributed by atoms with Crippen LogP contribution in [-0.2, 0) is 22.0 Å². The molecule has 0 saturated heterocycles. The van der Waals surface area contributed by atoms with Crippen molar-refractivity contribution in [3.8, 4) is 5.75 Å². The van der Waals surface area contributed by atoms with Gasteiger partial charge in [-0.1, -0.05) is 25.0 Å². The Hall–Kier alpha value is -2.34. The van der Waals surface area contributed by atoms with Gasteiger partial charge in [-0.3, -0.25) is 9.48 Å². The summed E-state index contributed by atoms with van der Waals surface area (Å²) in [6.07, 6.45) is 5.56. The Labute approximate surface area is 154 Å². The Bertz CT molecular complexity index is 733. The normalized spacial score (nSPS) is 17.0.